The molecule has 2 fully saturated rings. The average Bonchev–Trinajstić information content (AvgIpc) is 2.88. The molecule has 0 heterocycles. The van der Waals surface area contributed by atoms with Gasteiger partial charge in [0.2, 0.25) is 5.91 Å². The van der Waals surface area contributed by atoms with E-state index in [1.54, 1.807) is 0 Å². The number of rotatable bonds is 3. The van der Waals surface area contributed by atoms with Gasteiger partial charge in [-0.2, -0.15) is 10.5 Å². The summed E-state index contributed by atoms with van der Waals surface area (Å²) in [5.74, 6) is 0.547. The molecule has 2 rings (SSSR count). The zero-order valence-corrected chi connectivity index (χ0v) is 9.67. The lowest BCUT2D eigenvalue weighted by molar-refractivity contribution is -0.136. The molecule has 0 aromatic rings. The maximum Gasteiger partial charge on any atom is 0.229 e. The molecule has 17 heavy (non-hydrogen) atoms. The first kappa shape index (κ1) is 11.9. The van der Waals surface area contributed by atoms with Crippen molar-refractivity contribution in [2.75, 3.05) is 13.1 Å². The highest BCUT2D eigenvalue weighted by molar-refractivity contribution is 5.81. The number of fused-ring (bicyclic) bond motifs is 2. The van der Waals surface area contributed by atoms with Gasteiger partial charge in [-0.1, -0.05) is 0 Å². The van der Waals surface area contributed by atoms with Crippen molar-refractivity contribution in [3.8, 4) is 12.1 Å². The third-order valence-corrected chi connectivity index (χ3v) is 4.10. The van der Waals surface area contributed by atoms with Crippen LogP contribution >= 0.6 is 0 Å². The van der Waals surface area contributed by atoms with Crippen molar-refractivity contribution in [3.05, 3.63) is 0 Å². The SMILES string of the molecule is N#CCN(CC#N)C(=O)C1C2CCC(C2)C1N. The Morgan fingerprint density at radius 2 is 1.82 bits per heavy atom. The third kappa shape index (κ3) is 1.99. The van der Waals surface area contributed by atoms with Gasteiger partial charge in [-0.15, -0.1) is 0 Å². The molecule has 0 radical (unpaired) electrons. The van der Waals surface area contributed by atoms with Crippen LogP contribution < -0.4 is 5.73 Å². The lowest BCUT2D eigenvalue weighted by atomic mass is 9.84. The predicted molar refractivity (Wildman–Crippen MR) is 60.1 cm³/mol. The Morgan fingerprint density at radius 1 is 1.24 bits per heavy atom. The molecule has 0 spiro atoms. The highest BCUT2D eigenvalue weighted by Gasteiger charge is 2.50. The number of nitrogens with zero attached hydrogens (tertiary/aromatic N) is 3. The van der Waals surface area contributed by atoms with Crippen LogP contribution in [0.5, 0.6) is 0 Å². The molecule has 2 aliphatic carbocycles. The number of hydrogen-bond donors (Lipinski definition) is 1. The molecule has 0 aliphatic heterocycles. The molecule has 5 nitrogen and oxygen atoms in total. The Kier molecular flexibility index (Phi) is 3.31. The molecule has 2 aliphatic rings. The first-order valence-corrected chi connectivity index (χ1v) is 5.97. The highest BCUT2D eigenvalue weighted by atomic mass is 16.2. The van der Waals surface area contributed by atoms with Crippen LogP contribution in [0.3, 0.4) is 0 Å². The second-order valence-corrected chi connectivity index (χ2v) is 4.95. The fraction of sp³-hybridized carbons (Fsp3) is 0.750. The normalized spacial score (nSPS) is 34.1. The number of carbonyl (C=O) groups is 1. The van der Waals surface area contributed by atoms with Crippen molar-refractivity contribution in [2.24, 2.45) is 23.5 Å². The van der Waals surface area contributed by atoms with E-state index in [1.807, 2.05) is 12.1 Å². The van der Waals surface area contributed by atoms with E-state index in [1.165, 1.54) is 4.90 Å². The molecule has 1 amide bonds. The molecule has 4 atom stereocenters. The van der Waals surface area contributed by atoms with E-state index in [0.29, 0.717) is 11.8 Å². The van der Waals surface area contributed by atoms with E-state index in [-0.39, 0.29) is 31.0 Å². The zero-order chi connectivity index (χ0) is 12.4. The van der Waals surface area contributed by atoms with Gasteiger partial charge in [0.1, 0.15) is 13.1 Å². The predicted octanol–water partition coefficient (Wildman–Crippen LogP) is 0.236. The molecule has 2 saturated carbocycles. The molecule has 4 unspecified atom stereocenters. The van der Waals surface area contributed by atoms with Gasteiger partial charge in [0.15, 0.2) is 0 Å². The molecule has 90 valence electrons. The van der Waals surface area contributed by atoms with Crippen molar-refractivity contribution in [1.82, 2.24) is 4.90 Å². The summed E-state index contributed by atoms with van der Waals surface area (Å²) in [6.07, 6.45) is 3.21. The smallest absolute Gasteiger partial charge is 0.229 e. The molecule has 0 aromatic carbocycles. The van der Waals surface area contributed by atoms with Crippen LogP contribution in [0.4, 0.5) is 0 Å². The first-order chi connectivity index (χ1) is 8.19. The molecule has 2 N–H and O–H groups in total. The Balaban J connectivity index is 2.09. The standard InChI is InChI=1S/C12H16N4O/c13-3-5-16(6-4-14)12(17)10-8-1-2-9(7-8)11(10)15/h8-11H,1-2,5-7,15H2. The number of nitriles is 2. The summed E-state index contributed by atoms with van der Waals surface area (Å²) in [5.41, 5.74) is 6.08. The minimum absolute atomic E-state index is 0.0208. The van der Waals surface area contributed by atoms with Crippen molar-refractivity contribution >= 4 is 5.91 Å². The van der Waals surface area contributed by atoms with E-state index < -0.39 is 0 Å². The lowest BCUT2D eigenvalue weighted by Gasteiger charge is -2.30. The van der Waals surface area contributed by atoms with Crippen LogP contribution in [0, 0.1) is 40.4 Å². The monoisotopic (exact) mass is 232 g/mol. The average molecular weight is 232 g/mol. The molecule has 0 aromatic heterocycles. The minimum Gasteiger partial charge on any atom is -0.327 e. The Hall–Kier alpha value is -1.59. The van der Waals surface area contributed by atoms with E-state index in [9.17, 15) is 4.79 Å². The second-order valence-electron chi connectivity index (χ2n) is 4.95. The van der Waals surface area contributed by atoms with E-state index in [0.717, 1.165) is 19.3 Å². The molecule has 0 saturated heterocycles. The summed E-state index contributed by atoms with van der Waals surface area (Å²) < 4.78 is 0. The number of carbonyl (C=O) groups excluding carboxylic acids is 1. The van der Waals surface area contributed by atoms with Crippen molar-refractivity contribution < 1.29 is 4.79 Å². The van der Waals surface area contributed by atoms with Crippen LogP contribution in [-0.2, 0) is 4.79 Å². The molecule has 5 heteroatoms. The van der Waals surface area contributed by atoms with Crippen molar-refractivity contribution in [3.63, 3.8) is 0 Å². The van der Waals surface area contributed by atoms with Crippen LogP contribution in [0.15, 0.2) is 0 Å². The topological polar surface area (TPSA) is 93.9 Å². The maximum atomic E-state index is 12.3. The fourth-order valence-corrected chi connectivity index (χ4v) is 3.30. The number of nitrogens with two attached hydrogens (primary N) is 1. The molecular formula is C12H16N4O. The van der Waals surface area contributed by atoms with Crippen LogP contribution in [-0.4, -0.2) is 29.9 Å². The summed E-state index contributed by atoms with van der Waals surface area (Å²) >= 11 is 0. The molecular weight excluding hydrogens is 216 g/mol. The van der Waals surface area contributed by atoms with E-state index in [2.05, 4.69) is 0 Å². The third-order valence-electron chi connectivity index (χ3n) is 4.10. The van der Waals surface area contributed by atoms with E-state index >= 15 is 0 Å². The zero-order valence-electron chi connectivity index (χ0n) is 9.67. The van der Waals surface area contributed by atoms with Gasteiger partial charge in [0.25, 0.3) is 0 Å². The van der Waals surface area contributed by atoms with Gasteiger partial charge >= 0.3 is 0 Å². The van der Waals surface area contributed by atoms with Gasteiger partial charge in [-0.3, -0.25) is 4.79 Å². The van der Waals surface area contributed by atoms with Crippen molar-refractivity contribution in [2.45, 2.75) is 25.3 Å². The van der Waals surface area contributed by atoms with Gasteiger partial charge in [0, 0.05) is 6.04 Å². The lowest BCUT2D eigenvalue weighted by Crippen LogP contribution is -2.47. The van der Waals surface area contributed by atoms with Gasteiger partial charge in [0.05, 0.1) is 18.1 Å². The Bertz CT molecular complexity index is 376. The van der Waals surface area contributed by atoms with Crippen LogP contribution in [0.1, 0.15) is 19.3 Å². The first-order valence-electron chi connectivity index (χ1n) is 5.97. The summed E-state index contributed by atoms with van der Waals surface area (Å²) in [7, 11) is 0. The molecule has 2 bridgehead atoms. The second kappa shape index (κ2) is 4.73. The summed E-state index contributed by atoms with van der Waals surface area (Å²) in [6.45, 7) is -0.0417. The van der Waals surface area contributed by atoms with Gasteiger partial charge in [-0.05, 0) is 31.1 Å². The Labute approximate surface area is 101 Å². The highest BCUT2D eigenvalue weighted by Crippen LogP contribution is 2.48. The minimum atomic E-state index is -0.171. The number of hydrogen-bond acceptors (Lipinski definition) is 4. The fourth-order valence-electron chi connectivity index (χ4n) is 3.30. The largest absolute Gasteiger partial charge is 0.327 e. The summed E-state index contributed by atoms with van der Waals surface area (Å²) in [4.78, 5) is 13.6. The van der Waals surface area contributed by atoms with Crippen LogP contribution in [0.2, 0.25) is 0 Å². The quantitative estimate of drug-likeness (QED) is 0.705. The van der Waals surface area contributed by atoms with Gasteiger partial charge in [-0.25, -0.2) is 0 Å². The van der Waals surface area contributed by atoms with Crippen LogP contribution in [0.25, 0.3) is 0 Å². The van der Waals surface area contributed by atoms with Gasteiger partial charge < -0.3 is 10.6 Å². The summed E-state index contributed by atoms with van der Waals surface area (Å²) in [6, 6.07) is 3.78. The number of amides is 1. The van der Waals surface area contributed by atoms with E-state index in [4.69, 9.17) is 16.3 Å². The Morgan fingerprint density at radius 3 is 2.29 bits per heavy atom. The maximum absolute atomic E-state index is 12.3. The summed E-state index contributed by atoms with van der Waals surface area (Å²) in [5, 5.41) is 17.3. The van der Waals surface area contributed by atoms with Crippen molar-refractivity contribution in [1.29, 1.82) is 10.5 Å².